The zero-order valence-corrected chi connectivity index (χ0v) is 11.5. The van der Waals surface area contributed by atoms with Gasteiger partial charge in [0.2, 0.25) is 0 Å². The van der Waals surface area contributed by atoms with Crippen LogP contribution in [0.1, 0.15) is 23.7 Å². The molecule has 1 rings (SSSR count). The first-order valence-electron chi connectivity index (χ1n) is 5.50. The molecule has 0 N–H and O–H groups in total. The summed E-state index contributed by atoms with van der Waals surface area (Å²) in [7, 11) is 0. The number of rotatable bonds is 7. The average molecular weight is 289 g/mol. The number of hydrogen-bond donors (Lipinski definition) is 0. The second kappa shape index (κ2) is 8.01. The molecule has 18 heavy (non-hydrogen) atoms. The molecule has 98 valence electrons. The molecule has 0 heterocycles. The van der Waals surface area contributed by atoms with E-state index in [1.165, 1.54) is 5.54 Å². The second-order valence-corrected chi connectivity index (χ2v) is 4.21. The van der Waals surface area contributed by atoms with Crippen molar-refractivity contribution >= 4 is 29.5 Å². The summed E-state index contributed by atoms with van der Waals surface area (Å²) in [6, 6.07) is 5.04. The van der Waals surface area contributed by atoms with Crippen molar-refractivity contribution in [1.29, 1.82) is 0 Å². The average Bonchev–Trinajstić information content (AvgIpc) is 2.42. The Balaban J connectivity index is 2.81. The minimum Gasteiger partial charge on any atom is -0.493 e. The monoisotopic (exact) mass is 288 g/mol. The topological polar surface area (TPSA) is 35.5 Å². The number of hydrogen-bond acceptors (Lipinski definition) is 3. The predicted octanol–water partition coefficient (Wildman–Crippen LogP) is 3.99. The molecule has 0 bridgehead atoms. The Morgan fingerprint density at radius 2 is 2.17 bits per heavy atom. The van der Waals surface area contributed by atoms with Crippen molar-refractivity contribution in [3.05, 3.63) is 34.3 Å². The van der Waals surface area contributed by atoms with Crippen LogP contribution in [-0.4, -0.2) is 19.5 Å². The quantitative estimate of drug-likeness (QED) is 0.712. The van der Waals surface area contributed by atoms with Gasteiger partial charge in [0.1, 0.15) is 18.1 Å². The first-order chi connectivity index (χ1) is 8.71. The van der Waals surface area contributed by atoms with Gasteiger partial charge >= 0.3 is 0 Å². The summed E-state index contributed by atoms with van der Waals surface area (Å²) < 4.78 is 10.9. The second-order valence-electron chi connectivity index (χ2n) is 3.51. The van der Waals surface area contributed by atoms with E-state index in [1.807, 2.05) is 6.92 Å². The lowest BCUT2D eigenvalue weighted by molar-refractivity contribution is 0.112. The van der Waals surface area contributed by atoms with Crippen molar-refractivity contribution < 1.29 is 14.3 Å². The lowest BCUT2D eigenvalue weighted by Gasteiger charge is -2.10. The van der Waals surface area contributed by atoms with Crippen LogP contribution in [0.15, 0.2) is 28.8 Å². The van der Waals surface area contributed by atoms with Gasteiger partial charge in [0, 0.05) is 11.6 Å². The molecule has 1 aromatic carbocycles. The molecule has 0 amide bonds. The van der Waals surface area contributed by atoms with Crippen LogP contribution in [0.5, 0.6) is 11.5 Å². The van der Waals surface area contributed by atoms with Gasteiger partial charge in [-0.15, -0.1) is 0 Å². The smallest absolute Gasteiger partial charge is 0.153 e. The van der Waals surface area contributed by atoms with Crippen molar-refractivity contribution in [3.63, 3.8) is 0 Å². The van der Waals surface area contributed by atoms with Gasteiger partial charge in [0.15, 0.2) is 6.29 Å². The van der Waals surface area contributed by atoms with Gasteiger partial charge in [-0.3, -0.25) is 4.79 Å². The molecule has 0 saturated heterocycles. The van der Waals surface area contributed by atoms with E-state index in [2.05, 4.69) is 0 Å². The lowest BCUT2D eigenvalue weighted by atomic mass is 10.2. The predicted molar refractivity (Wildman–Crippen MR) is 72.9 cm³/mol. The Bertz CT molecular complexity index is 430. The van der Waals surface area contributed by atoms with Crippen LogP contribution in [0.3, 0.4) is 0 Å². The van der Waals surface area contributed by atoms with Crippen LogP contribution in [0.2, 0.25) is 0 Å². The van der Waals surface area contributed by atoms with Crippen molar-refractivity contribution in [1.82, 2.24) is 0 Å². The maximum Gasteiger partial charge on any atom is 0.153 e. The zero-order chi connectivity index (χ0) is 13.4. The molecule has 0 spiro atoms. The van der Waals surface area contributed by atoms with E-state index in [1.54, 1.807) is 18.2 Å². The summed E-state index contributed by atoms with van der Waals surface area (Å²) in [6.45, 7) is 2.74. The molecule has 0 saturated carbocycles. The van der Waals surface area contributed by atoms with Crippen molar-refractivity contribution in [2.45, 2.75) is 13.3 Å². The molecule has 0 radical (unpaired) electrons. The third-order valence-electron chi connectivity index (χ3n) is 2.07. The molecule has 0 unspecified atom stereocenters. The fraction of sp³-hybridized carbons (Fsp3) is 0.308. The highest BCUT2D eigenvalue weighted by molar-refractivity contribution is 6.36. The van der Waals surface area contributed by atoms with E-state index in [4.69, 9.17) is 32.7 Å². The van der Waals surface area contributed by atoms with Crippen molar-refractivity contribution in [3.8, 4) is 11.5 Å². The van der Waals surface area contributed by atoms with E-state index in [0.29, 0.717) is 28.7 Å². The molecule has 0 atom stereocenters. The maximum absolute atomic E-state index is 10.9. The van der Waals surface area contributed by atoms with Gasteiger partial charge in [0.05, 0.1) is 17.2 Å². The third-order valence-corrected chi connectivity index (χ3v) is 2.66. The zero-order valence-electron chi connectivity index (χ0n) is 9.99. The summed E-state index contributed by atoms with van der Waals surface area (Å²) in [5, 5.41) is 0.355. The highest BCUT2D eigenvalue weighted by atomic mass is 35.5. The molecule has 0 aromatic heterocycles. The Kier molecular flexibility index (Phi) is 6.61. The molecule has 5 heteroatoms. The van der Waals surface area contributed by atoms with E-state index in [-0.39, 0.29) is 6.61 Å². The minimum atomic E-state index is 0.114. The van der Waals surface area contributed by atoms with Crippen LogP contribution in [0, 0.1) is 0 Å². The lowest BCUT2D eigenvalue weighted by Crippen LogP contribution is -2.01. The number of carbonyl (C=O) groups excluding carboxylic acids is 1. The molecule has 1 aromatic rings. The normalized spacial score (nSPS) is 11.2. The number of benzene rings is 1. The third kappa shape index (κ3) is 4.59. The molecule has 3 nitrogen and oxygen atoms in total. The summed E-state index contributed by atoms with van der Waals surface area (Å²) in [6.07, 6.45) is 1.63. The highest BCUT2D eigenvalue weighted by Crippen LogP contribution is 2.24. The first-order valence-corrected chi connectivity index (χ1v) is 6.32. The summed E-state index contributed by atoms with van der Waals surface area (Å²) in [4.78, 5) is 10.9. The Labute approximate surface area is 116 Å². The Hall–Kier alpha value is -1.19. The molecule has 0 fully saturated rings. The summed E-state index contributed by atoms with van der Waals surface area (Å²) in [5.41, 5.74) is 1.66. The van der Waals surface area contributed by atoms with Crippen LogP contribution in [-0.2, 0) is 0 Å². The van der Waals surface area contributed by atoms with Gasteiger partial charge < -0.3 is 9.47 Å². The number of aldehydes is 1. The van der Waals surface area contributed by atoms with E-state index in [9.17, 15) is 4.79 Å². The number of carbonyl (C=O) groups is 1. The van der Waals surface area contributed by atoms with E-state index < -0.39 is 0 Å². The van der Waals surface area contributed by atoms with Gasteiger partial charge in [0.25, 0.3) is 0 Å². The van der Waals surface area contributed by atoms with Crippen LogP contribution in [0.4, 0.5) is 0 Å². The molecular weight excluding hydrogens is 275 g/mol. The van der Waals surface area contributed by atoms with Crippen molar-refractivity contribution in [2.75, 3.05) is 13.2 Å². The van der Waals surface area contributed by atoms with Gasteiger partial charge in [-0.1, -0.05) is 30.1 Å². The number of halogens is 2. The molecule has 0 aliphatic carbocycles. The summed E-state index contributed by atoms with van der Waals surface area (Å²) in [5.74, 6) is 1.08. The van der Waals surface area contributed by atoms with Crippen LogP contribution < -0.4 is 9.47 Å². The van der Waals surface area contributed by atoms with Gasteiger partial charge in [-0.2, -0.15) is 0 Å². The first kappa shape index (κ1) is 14.9. The maximum atomic E-state index is 10.9. The Morgan fingerprint density at radius 1 is 1.39 bits per heavy atom. The van der Waals surface area contributed by atoms with Crippen LogP contribution in [0.25, 0.3) is 0 Å². The standard InChI is InChI=1S/C13H14Cl2O3/c1-2-5-17-12-4-3-10(8-16)13(6-12)18-9-11(15)7-14/h3-4,6-8H,2,5,9H2,1H3. The van der Waals surface area contributed by atoms with Crippen LogP contribution >= 0.6 is 23.2 Å². The molecule has 0 aliphatic rings. The number of ether oxygens (including phenoxy) is 2. The minimum absolute atomic E-state index is 0.114. The fourth-order valence-electron chi connectivity index (χ4n) is 1.22. The van der Waals surface area contributed by atoms with Crippen molar-refractivity contribution in [2.24, 2.45) is 0 Å². The summed E-state index contributed by atoms with van der Waals surface area (Å²) >= 11 is 11.1. The fourth-order valence-corrected chi connectivity index (χ4v) is 1.34. The van der Waals surface area contributed by atoms with E-state index >= 15 is 0 Å². The molecule has 0 aliphatic heterocycles. The highest BCUT2D eigenvalue weighted by Gasteiger charge is 2.06. The Morgan fingerprint density at radius 3 is 2.78 bits per heavy atom. The van der Waals surface area contributed by atoms with Gasteiger partial charge in [-0.25, -0.2) is 0 Å². The largest absolute Gasteiger partial charge is 0.493 e. The SMILES string of the molecule is CCCOc1ccc(C=O)c(OCC(Cl)=CCl)c1. The van der Waals surface area contributed by atoms with Gasteiger partial charge in [-0.05, 0) is 18.6 Å². The van der Waals surface area contributed by atoms with E-state index in [0.717, 1.165) is 12.7 Å². The molecular formula is C13H14Cl2O3.